The first kappa shape index (κ1) is 11.9. The standard InChI is InChI=1S/C10H16N2O3/c1-4-14-10(15-5-2)9(13)8-6-7-11-12(8)3/h6-7,10H,4-5H2,1-3H3. The summed E-state index contributed by atoms with van der Waals surface area (Å²) in [4.78, 5) is 11.9. The zero-order valence-electron chi connectivity index (χ0n) is 9.27. The van der Waals surface area contributed by atoms with Crippen LogP contribution in [0.5, 0.6) is 0 Å². The minimum Gasteiger partial charge on any atom is -0.346 e. The fraction of sp³-hybridized carbons (Fsp3) is 0.600. The summed E-state index contributed by atoms with van der Waals surface area (Å²) in [5, 5.41) is 3.93. The Morgan fingerprint density at radius 3 is 2.47 bits per heavy atom. The van der Waals surface area contributed by atoms with Crippen molar-refractivity contribution in [1.29, 1.82) is 0 Å². The largest absolute Gasteiger partial charge is 0.346 e. The molecule has 0 aliphatic heterocycles. The molecule has 0 unspecified atom stereocenters. The van der Waals surface area contributed by atoms with Crippen molar-refractivity contribution in [2.45, 2.75) is 20.1 Å². The van der Waals surface area contributed by atoms with Crippen LogP contribution >= 0.6 is 0 Å². The number of hydrogen-bond donors (Lipinski definition) is 0. The average Bonchev–Trinajstić information content (AvgIpc) is 2.63. The van der Waals surface area contributed by atoms with Gasteiger partial charge in [-0.05, 0) is 19.9 Å². The van der Waals surface area contributed by atoms with Crippen molar-refractivity contribution in [3.8, 4) is 0 Å². The van der Waals surface area contributed by atoms with Crippen LogP contribution < -0.4 is 0 Å². The smallest absolute Gasteiger partial charge is 0.236 e. The summed E-state index contributed by atoms with van der Waals surface area (Å²) < 4.78 is 11.9. The highest BCUT2D eigenvalue weighted by Gasteiger charge is 2.22. The molecular weight excluding hydrogens is 196 g/mol. The monoisotopic (exact) mass is 212 g/mol. The van der Waals surface area contributed by atoms with Gasteiger partial charge in [0.15, 0.2) is 0 Å². The van der Waals surface area contributed by atoms with Crippen molar-refractivity contribution in [2.75, 3.05) is 13.2 Å². The minimum atomic E-state index is -0.824. The second-order valence-corrected chi connectivity index (χ2v) is 2.95. The lowest BCUT2D eigenvalue weighted by atomic mass is 10.3. The van der Waals surface area contributed by atoms with Gasteiger partial charge < -0.3 is 9.47 Å². The summed E-state index contributed by atoms with van der Waals surface area (Å²) in [6, 6.07) is 1.65. The molecule has 0 amide bonds. The van der Waals surface area contributed by atoms with Crippen molar-refractivity contribution in [1.82, 2.24) is 9.78 Å². The van der Waals surface area contributed by atoms with Gasteiger partial charge in [0.2, 0.25) is 12.1 Å². The van der Waals surface area contributed by atoms with Gasteiger partial charge in [0, 0.05) is 26.5 Å². The molecule has 0 aromatic carbocycles. The van der Waals surface area contributed by atoms with Crippen LogP contribution in [-0.4, -0.2) is 35.1 Å². The molecule has 0 saturated heterocycles. The Kier molecular flexibility index (Phi) is 4.45. The van der Waals surface area contributed by atoms with Crippen molar-refractivity contribution < 1.29 is 14.3 Å². The van der Waals surface area contributed by atoms with Crippen LogP contribution in [-0.2, 0) is 16.5 Å². The number of ketones is 1. The van der Waals surface area contributed by atoms with Crippen LogP contribution in [0.2, 0.25) is 0 Å². The van der Waals surface area contributed by atoms with Gasteiger partial charge in [0.1, 0.15) is 5.69 Å². The van der Waals surface area contributed by atoms with E-state index in [1.807, 2.05) is 13.8 Å². The maximum atomic E-state index is 11.9. The van der Waals surface area contributed by atoms with Gasteiger partial charge in [-0.1, -0.05) is 0 Å². The topological polar surface area (TPSA) is 53.4 Å². The van der Waals surface area contributed by atoms with E-state index in [9.17, 15) is 4.79 Å². The molecule has 0 bridgehead atoms. The number of hydrogen-bond acceptors (Lipinski definition) is 4. The zero-order chi connectivity index (χ0) is 11.3. The third-order valence-electron chi connectivity index (χ3n) is 1.92. The number of aryl methyl sites for hydroxylation is 1. The first-order chi connectivity index (χ1) is 7.20. The van der Waals surface area contributed by atoms with Crippen LogP contribution in [0.25, 0.3) is 0 Å². The Morgan fingerprint density at radius 2 is 2.07 bits per heavy atom. The molecule has 15 heavy (non-hydrogen) atoms. The van der Waals surface area contributed by atoms with Crippen LogP contribution in [0.15, 0.2) is 12.3 Å². The highest BCUT2D eigenvalue weighted by Crippen LogP contribution is 2.06. The van der Waals surface area contributed by atoms with E-state index < -0.39 is 6.29 Å². The lowest BCUT2D eigenvalue weighted by Crippen LogP contribution is -2.29. The lowest BCUT2D eigenvalue weighted by molar-refractivity contribution is -0.107. The van der Waals surface area contributed by atoms with Crippen molar-refractivity contribution in [3.63, 3.8) is 0 Å². The first-order valence-corrected chi connectivity index (χ1v) is 4.96. The molecule has 1 aromatic heterocycles. The highest BCUT2D eigenvalue weighted by atomic mass is 16.7. The fourth-order valence-corrected chi connectivity index (χ4v) is 1.24. The van der Waals surface area contributed by atoms with E-state index in [4.69, 9.17) is 9.47 Å². The Labute approximate surface area is 89.0 Å². The summed E-state index contributed by atoms with van der Waals surface area (Å²) in [5.74, 6) is -0.196. The average molecular weight is 212 g/mol. The van der Waals surface area contributed by atoms with Crippen molar-refractivity contribution in [2.24, 2.45) is 7.05 Å². The normalized spacial score (nSPS) is 10.9. The maximum absolute atomic E-state index is 11.9. The van der Waals surface area contributed by atoms with Crippen molar-refractivity contribution in [3.05, 3.63) is 18.0 Å². The molecule has 1 heterocycles. The van der Waals surface area contributed by atoms with Gasteiger partial charge in [-0.3, -0.25) is 9.48 Å². The summed E-state index contributed by atoms with van der Waals surface area (Å²) in [6.45, 7) is 4.52. The summed E-state index contributed by atoms with van der Waals surface area (Å²) in [7, 11) is 1.71. The molecule has 5 heteroatoms. The molecule has 0 atom stereocenters. The number of rotatable bonds is 6. The SMILES string of the molecule is CCOC(OCC)C(=O)c1ccnn1C. The number of ether oxygens (including phenoxy) is 2. The molecule has 1 rings (SSSR count). The minimum absolute atomic E-state index is 0.196. The summed E-state index contributed by atoms with van der Waals surface area (Å²) in [5.41, 5.74) is 0.488. The van der Waals surface area contributed by atoms with E-state index in [1.54, 1.807) is 19.3 Å². The molecule has 0 aliphatic rings. The molecule has 1 aromatic rings. The third kappa shape index (κ3) is 2.87. The second-order valence-electron chi connectivity index (χ2n) is 2.95. The van der Waals surface area contributed by atoms with E-state index in [1.165, 1.54) is 4.68 Å². The summed E-state index contributed by atoms with van der Waals surface area (Å²) >= 11 is 0. The first-order valence-electron chi connectivity index (χ1n) is 4.96. The third-order valence-corrected chi connectivity index (χ3v) is 1.92. The molecule has 84 valence electrons. The summed E-state index contributed by atoms with van der Waals surface area (Å²) in [6.07, 6.45) is 0.748. The van der Waals surface area contributed by atoms with E-state index in [0.717, 1.165) is 0 Å². The van der Waals surface area contributed by atoms with Gasteiger partial charge in [-0.15, -0.1) is 0 Å². The number of Topliss-reactive ketones (excluding diaryl/α,β-unsaturated/α-hetero) is 1. The molecule has 0 spiro atoms. The van der Waals surface area contributed by atoms with Gasteiger partial charge in [0.25, 0.3) is 0 Å². The van der Waals surface area contributed by atoms with E-state index in [0.29, 0.717) is 18.9 Å². The van der Waals surface area contributed by atoms with Gasteiger partial charge in [0.05, 0.1) is 0 Å². The number of aromatic nitrogens is 2. The van der Waals surface area contributed by atoms with Crippen molar-refractivity contribution >= 4 is 5.78 Å². The fourth-order valence-electron chi connectivity index (χ4n) is 1.24. The van der Waals surface area contributed by atoms with Crippen LogP contribution in [0.3, 0.4) is 0 Å². The molecule has 0 N–H and O–H groups in total. The van der Waals surface area contributed by atoms with Crippen LogP contribution in [0, 0.1) is 0 Å². The van der Waals surface area contributed by atoms with Crippen LogP contribution in [0.4, 0.5) is 0 Å². The number of carbonyl (C=O) groups excluding carboxylic acids is 1. The highest BCUT2D eigenvalue weighted by molar-refractivity contribution is 5.97. The predicted molar refractivity (Wildman–Crippen MR) is 54.6 cm³/mol. The molecule has 0 aliphatic carbocycles. The molecule has 0 radical (unpaired) electrons. The number of carbonyl (C=O) groups is 1. The van der Waals surface area contributed by atoms with Gasteiger partial charge in [-0.2, -0.15) is 5.10 Å². The maximum Gasteiger partial charge on any atom is 0.236 e. The van der Waals surface area contributed by atoms with Crippen LogP contribution in [0.1, 0.15) is 24.3 Å². The quantitative estimate of drug-likeness (QED) is 0.521. The Bertz CT molecular complexity index is 316. The molecule has 5 nitrogen and oxygen atoms in total. The predicted octanol–water partition coefficient (Wildman–Crippen LogP) is 1.00. The van der Waals surface area contributed by atoms with Gasteiger partial charge in [-0.25, -0.2) is 0 Å². The Morgan fingerprint density at radius 1 is 1.47 bits per heavy atom. The van der Waals surface area contributed by atoms with E-state index in [2.05, 4.69) is 5.10 Å². The molecular formula is C10H16N2O3. The second kappa shape index (κ2) is 5.63. The molecule has 0 saturated carbocycles. The lowest BCUT2D eigenvalue weighted by Gasteiger charge is -2.15. The molecule has 0 fully saturated rings. The van der Waals surface area contributed by atoms with E-state index >= 15 is 0 Å². The zero-order valence-corrected chi connectivity index (χ0v) is 9.27. The van der Waals surface area contributed by atoms with Gasteiger partial charge >= 0.3 is 0 Å². The Hall–Kier alpha value is -1.20. The van der Waals surface area contributed by atoms with E-state index in [-0.39, 0.29) is 5.78 Å². The Balaban J connectivity index is 2.76. The number of nitrogens with zero attached hydrogens (tertiary/aromatic N) is 2.